The number of aromatic nitrogens is 2. The molecule has 0 amide bonds. The van der Waals surface area contributed by atoms with E-state index in [1.54, 1.807) is 0 Å². The third-order valence-electron chi connectivity index (χ3n) is 5.16. The molecular weight excluding hydrogens is 304 g/mol. The van der Waals surface area contributed by atoms with Gasteiger partial charge in [-0.3, -0.25) is 4.98 Å². The van der Waals surface area contributed by atoms with E-state index in [1.807, 2.05) is 18.3 Å². The summed E-state index contributed by atoms with van der Waals surface area (Å²) in [7, 11) is 0. The van der Waals surface area contributed by atoms with Gasteiger partial charge >= 0.3 is 0 Å². The van der Waals surface area contributed by atoms with Gasteiger partial charge in [0.05, 0.1) is 22.2 Å². The van der Waals surface area contributed by atoms with Gasteiger partial charge in [0.25, 0.3) is 0 Å². The maximum atomic E-state index is 4.56. The van der Waals surface area contributed by atoms with Crippen LogP contribution in [0.1, 0.15) is 0 Å². The fourth-order valence-electron chi connectivity index (χ4n) is 4.13. The molecular formula is C23H14N2. The summed E-state index contributed by atoms with van der Waals surface area (Å²) in [6, 6.07) is 28.0. The molecule has 0 spiro atoms. The highest BCUT2D eigenvalue weighted by Gasteiger charge is 2.18. The molecule has 0 radical (unpaired) electrons. The molecule has 0 aliphatic heterocycles. The van der Waals surface area contributed by atoms with E-state index in [1.165, 1.54) is 43.7 Å². The highest BCUT2D eigenvalue weighted by molar-refractivity contribution is 6.24. The van der Waals surface area contributed by atoms with Crippen molar-refractivity contribution in [2.75, 3.05) is 0 Å². The van der Waals surface area contributed by atoms with E-state index in [0.717, 1.165) is 5.69 Å². The smallest absolute Gasteiger partial charge is 0.0702 e. The maximum Gasteiger partial charge on any atom is 0.0702 e. The molecule has 25 heavy (non-hydrogen) atoms. The van der Waals surface area contributed by atoms with E-state index in [0.29, 0.717) is 0 Å². The van der Waals surface area contributed by atoms with Crippen LogP contribution in [-0.4, -0.2) is 9.38 Å². The normalized spacial score (nSPS) is 12.0. The van der Waals surface area contributed by atoms with Crippen molar-refractivity contribution in [3.05, 3.63) is 85.1 Å². The first kappa shape index (κ1) is 13.0. The molecule has 0 saturated heterocycles. The SMILES string of the molecule is c1ccc(-c2cc3c4ccccc4n4c5ccccc5c(c2)c34)nc1. The Morgan fingerprint density at radius 2 is 1.20 bits per heavy atom. The van der Waals surface area contributed by atoms with Gasteiger partial charge in [0.15, 0.2) is 0 Å². The molecule has 116 valence electrons. The van der Waals surface area contributed by atoms with Crippen LogP contribution in [0.4, 0.5) is 0 Å². The second-order valence-corrected chi connectivity index (χ2v) is 6.50. The van der Waals surface area contributed by atoms with Crippen LogP contribution in [0.3, 0.4) is 0 Å². The summed E-state index contributed by atoms with van der Waals surface area (Å²) in [4.78, 5) is 4.56. The molecule has 3 aromatic carbocycles. The van der Waals surface area contributed by atoms with Gasteiger partial charge in [-0.2, -0.15) is 0 Å². The van der Waals surface area contributed by atoms with E-state index in [-0.39, 0.29) is 0 Å². The van der Waals surface area contributed by atoms with Crippen LogP contribution < -0.4 is 0 Å². The van der Waals surface area contributed by atoms with Crippen molar-refractivity contribution in [3.63, 3.8) is 0 Å². The van der Waals surface area contributed by atoms with E-state index in [4.69, 9.17) is 0 Å². The molecule has 0 fully saturated rings. The second-order valence-electron chi connectivity index (χ2n) is 6.50. The van der Waals surface area contributed by atoms with Gasteiger partial charge in [0.1, 0.15) is 0 Å². The lowest BCUT2D eigenvalue weighted by molar-refractivity contribution is 1.33. The Labute approximate surface area is 144 Å². The fourth-order valence-corrected chi connectivity index (χ4v) is 4.13. The zero-order chi connectivity index (χ0) is 16.4. The Bertz CT molecular complexity index is 1290. The molecule has 0 atom stereocenters. The van der Waals surface area contributed by atoms with Crippen LogP contribution in [0.2, 0.25) is 0 Å². The molecule has 2 heteroatoms. The minimum atomic E-state index is 1.02. The number of hydrogen-bond donors (Lipinski definition) is 0. The summed E-state index contributed by atoms with van der Waals surface area (Å²) < 4.78 is 2.40. The quantitative estimate of drug-likeness (QED) is 0.369. The molecule has 3 aromatic heterocycles. The molecule has 0 aliphatic carbocycles. The Balaban J connectivity index is 1.92. The number of fused-ring (bicyclic) bond motifs is 6. The average Bonchev–Trinajstić information content (AvgIpc) is 3.20. The molecule has 2 nitrogen and oxygen atoms in total. The second kappa shape index (κ2) is 4.58. The minimum absolute atomic E-state index is 1.02. The number of hydrogen-bond acceptors (Lipinski definition) is 1. The van der Waals surface area contributed by atoms with Gasteiger partial charge < -0.3 is 4.40 Å². The Morgan fingerprint density at radius 3 is 1.80 bits per heavy atom. The van der Waals surface area contributed by atoms with Gasteiger partial charge in [-0.25, -0.2) is 0 Å². The van der Waals surface area contributed by atoms with E-state index >= 15 is 0 Å². The van der Waals surface area contributed by atoms with Gasteiger partial charge in [-0.05, 0) is 36.4 Å². The van der Waals surface area contributed by atoms with Gasteiger partial charge in [0, 0.05) is 33.3 Å². The zero-order valence-corrected chi connectivity index (χ0v) is 13.5. The van der Waals surface area contributed by atoms with E-state index in [9.17, 15) is 0 Å². The van der Waals surface area contributed by atoms with Crippen molar-refractivity contribution in [1.29, 1.82) is 0 Å². The first-order valence-corrected chi connectivity index (χ1v) is 8.50. The lowest BCUT2D eigenvalue weighted by atomic mass is 10.0. The largest absolute Gasteiger partial charge is 0.308 e. The predicted molar refractivity (Wildman–Crippen MR) is 104 cm³/mol. The summed E-state index contributed by atoms with van der Waals surface area (Å²) in [5.74, 6) is 0. The maximum absolute atomic E-state index is 4.56. The first-order chi connectivity index (χ1) is 12.4. The van der Waals surface area contributed by atoms with Crippen molar-refractivity contribution in [2.45, 2.75) is 0 Å². The van der Waals surface area contributed by atoms with Gasteiger partial charge in [-0.15, -0.1) is 0 Å². The standard InChI is InChI=1S/C23H14N2/c1-3-10-21-16(7-1)18-13-15(20-9-5-6-12-24-20)14-19-17-8-2-4-11-22(17)25(21)23(18)19/h1-14H. The third kappa shape index (κ3) is 1.61. The van der Waals surface area contributed by atoms with Crippen molar-refractivity contribution in [2.24, 2.45) is 0 Å². The zero-order valence-electron chi connectivity index (χ0n) is 13.5. The average molecular weight is 318 g/mol. The summed E-state index contributed by atoms with van der Waals surface area (Å²) in [5, 5.41) is 5.19. The van der Waals surface area contributed by atoms with Gasteiger partial charge in [0.2, 0.25) is 0 Å². The summed E-state index contributed by atoms with van der Waals surface area (Å²) in [6.45, 7) is 0. The number of para-hydroxylation sites is 2. The Morgan fingerprint density at radius 1 is 0.600 bits per heavy atom. The molecule has 0 N–H and O–H groups in total. The van der Waals surface area contributed by atoms with Crippen molar-refractivity contribution < 1.29 is 0 Å². The number of rotatable bonds is 1. The Hall–Kier alpha value is -3.39. The van der Waals surface area contributed by atoms with Crippen LogP contribution in [0.15, 0.2) is 85.1 Å². The monoisotopic (exact) mass is 318 g/mol. The molecule has 0 saturated carbocycles. The summed E-state index contributed by atoms with van der Waals surface area (Å²) in [6.07, 6.45) is 1.86. The van der Waals surface area contributed by atoms with Gasteiger partial charge in [-0.1, -0.05) is 42.5 Å². The molecule has 6 aromatic rings. The Kier molecular flexibility index (Phi) is 2.37. The molecule has 6 rings (SSSR count). The summed E-state index contributed by atoms with van der Waals surface area (Å²) in [5.41, 5.74) is 6.02. The first-order valence-electron chi connectivity index (χ1n) is 8.50. The van der Waals surface area contributed by atoms with Crippen LogP contribution in [-0.2, 0) is 0 Å². The molecule has 0 unspecified atom stereocenters. The topological polar surface area (TPSA) is 17.3 Å². The molecule has 0 bridgehead atoms. The lowest BCUT2D eigenvalue weighted by Gasteiger charge is -2.03. The van der Waals surface area contributed by atoms with Crippen molar-refractivity contribution in [3.8, 4) is 11.3 Å². The van der Waals surface area contributed by atoms with Crippen molar-refractivity contribution in [1.82, 2.24) is 9.38 Å². The van der Waals surface area contributed by atoms with Crippen LogP contribution in [0.25, 0.3) is 49.4 Å². The number of pyridine rings is 1. The highest BCUT2D eigenvalue weighted by Crippen LogP contribution is 2.41. The summed E-state index contributed by atoms with van der Waals surface area (Å²) >= 11 is 0. The fraction of sp³-hybridized carbons (Fsp3) is 0. The van der Waals surface area contributed by atoms with Crippen LogP contribution in [0, 0.1) is 0 Å². The highest BCUT2D eigenvalue weighted by atomic mass is 14.9. The predicted octanol–water partition coefficient (Wildman–Crippen LogP) is 5.90. The van der Waals surface area contributed by atoms with Crippen LogP contribution >= 0.6 is 0 Å². The third-order valence-corrected chi connectivity index (χ3v) is 5.16. The van der Waals surface area contributed by atoms with E-state index < -0.39 is 0 Å². The number of benzene rings is 3. The van der Waals surface area contributed by atoms with Crippen LogP contribution in [0.5, 0.6) is 0 Å². The number of nitrogens with zero attached hydrogens (tertiary/aromatic N) is 2. The minimum Gasteiger partial charge on any atom is -0.308 e. The van der Waals surface area contributed by atoms with E-state index in [2.05, 4.69) is 76.1 Å². The lowest BCUT2D eigenvalue weighted by Crippen LogP contribution is -1.82. The molecule has 3 heterocycles. The van der Waals surface area contributed by atoms with Crippen molar-refractivity contribution >= 4 is 38.1 Å². The molecule has 0 aliphatic rings.